The summed E-state index contributed by atoms with van der Waals surface area (Å²) in [4.78, 5) is 0.822. The molecule has 1 atom stereocenters. The molecule has 0 bridgehead atoms. The van der Waals surface area contributed by atoms with Crippen molar-refractivity contribution in [3.05, 3.63) is 51.7 Å². The predicted molar refractivity (Wildman–Crippen MR) is 74.0 cm³/mol. The van der Waals surface area contributed by atoms with Crippen LogP contribution in [0.25, 0.3) is 0 Å². The highest BCUT2D eigenvalue weighted by atomic mass is 32.2. The second-order valence-electron chi connectivity index (χ2n) is 4.29. The topological polar surface area (TPSA) is 74.6 Å². The lowest BCUT2D eigenvalue weighted by atomic mass is 10.0. The Morgan fingerprint density at radius 2 is 2.05 bits per heavy atom. The van der Waals surface area contributed by atoms with Crippen LogP contribution in [-0.4, -0.2) is 18.1 Å². The number of aryl methyl sites for hydroxylation is 1. The molecule has 1 aromatic carbocycles. The van der Waals surface area contributed by atoms with E-state index < -0.39 is 16.2 Å². The largest absolute Gasteiger partial charge is 0.388 e. The van der Waals surface area contributed by atoms with Crippen LogP contribution >= 0.6 is 11.3 Å². The van der Waals surface area contributed by atoms with E-state index in [0.29, 0.717) is 12.0 Å². The Bertz CT molecular complexity index is 660. The molecular formula is C13H14O4S2. The summed E-state index contributed by atoms with van der Waals surface area (Å²) in [6.45, 7) is 1.79. The molecule has 2 N–H and O–H groups in total. The fourth-order valence-corrected chi connectivity index (χ4v) is 3.13. The van der Waals surface area contributed by atoms with Gasteiger partial charge in [-0.3, -0.25) is 4.55 Å². The summed E-state index contributed by atoms with van der Waals surface area (Å²) >= 11 is 1.53. The van der Waals surface area contributed by atoms with Gasteiger partial charge in [-0.1, -0.05) is 12.1 Å². The van der Waals surface area contributed by atoms with Gasteiger partial charge in [0.2, 0.25) is 0 Å². The van der Waals surface area contributed by atoms with Gasteiger partial charge in [0.25, 0.3) is 10.1 Å². The fourth-order valence-electron chi connectivity index (χ4n) is 1.87. The Labute approximate surface area is 116 Å². The number of benzene rings is 1. The molecule has 0 radical (unpaired) electrons. The first-order valence-electron chi connectivity index (χ1n) is 5.66. The third-order valence-electron chi connectivity index (χ3n) is 2.88. The number of hydrogen-bond donors (Lipinski definition) is 2. The standard InChI is InChI=1S/C13H14O4S2/c1-9-4-5-11(19(15,16)17)8-12(9)13(14)7-10-3-2-6-18-10/h2-6,8,13-14H,7H2,1H3,(H,15,16,17). The smallest absolute Gasteiger partial charge is 0.294 e. The van der Waals surface area contributed by atoms with Gasteiger partial charge < -0.3 is 5.11 Å². The van der Waals surface area contributed by atoms with Gasteiger partial charge in [-0.05, 0) is 41.6 Å². The van der Waals surface area contributed by atoms with Crippen LogP contribution < -0.4 is 0 Å². The quantitative estimate of drug-likeness (QED) is 0.851. The summed E-state index contributed by atoms with van der Waals surface area (Å²) in [5.74, 6) is 0. The maximum absolute atomic E-state index is 11.1. The molecule has 4 nitrogen and oxygen atoms in total. The Morgan fingerprint density at radius 1 is 1.32 bits per heavy atom. The second kappa shape index (κ2) is 5.42. The highest BCUT2D eigenvalue weighted by molar-refractivity contribution is 7.85. The van der Waals surface area contributed by atoms with E-state index in [2.05, 4.69) is 0 Å². The van der Waals surface area contributed by atoms with Crippen molar-refractivity contribution >= 4 is 21.5 Å². The van der Waals surface area contributed by atoms with Crippen LogP contribution in [0.3, 0.4) is 0 Å². The van der Waals surface area contributed by atoms with Crippen molar-refractivity contribution in [1.82, 2.24) is 0 Å². The second-order valence-corrected chi connectivity index (χ2v) is 6.75. The van der Waals surface area contributed by atoms with Gasteiger partial charge in [-0.15, -0.1) is 11.3 Å². The molecule has 1 unspecified atom stereocenters. The fraction of sp³-hybridized carbons (Fsp3) is 0.231. The molecule has 19 heavy (non-hydrogen) atoms. The highest BCUT2D eigenvalue weighted by Crippen LogP contribution is 2.26. The van der Waals surface area contributed by atoms with Crippen molar-refractivity contribution in [2.45, 2.75) is 24.3 Å². The number of aliphatic hydroxyl groups is 1. The first-order valence-corrected chi connectivity index (χ1v) is 7.98. The van der Waals surface area contributed by atoms with Gasteiger partial charge >= 0.3 is 0 Å². The van der Waals surface area contributed by atoms with Gasteiger partial charge in [0, 0.05) is 11.3 Å². The maximum Gasteiger partial charge on any atom is 0.294 e. The van der Waals surface area contributed by atoms with Gasteiger partial charge in [-0.2, -0.15) is 8.42 Å². The number of rotatable bonds is 4. The lowest BCUT2D eigenvalue weighted by molar-refractivity contribution is 0.178. The molecular weight excluding hydrogens is 284 g/mol. The van der Waals surface area contributed by atoms with Gasteiger partial charge in [-0.25, -0.2) is 0 Å². The van der Waals surface area contributed by atoms with Crippen LogP contribution in [0.15, 0.2) is 40.6 Å². The van der Waals surface area contributed by atoms with E-state index in [1.807, 2.05) is 17.5 Å². The van der Waals surface area contributed by atoms with Crippen molar-refractivity contribution in [3.63, 3.8) is 0 Å². The lowest BCUT2D eigenvalue weighted by Crippen LogP contribution is -2.06. The number of thiophene rings is 1. The summed E-state index contributed by atoms with van der Waals surface area (Å²) in [6, 6.07) is 8.04. The zero-order valence-electron chi connectivity index (χ0n) is 10.3. The van der Waals surface area contributed by atoms with E-state index in [0.717, 1.165) is 10.4 Å². The summed E-state index contributed by atoms with van der Waals surface area (Å²) in [5, 5.41) is 12.1. The molecule has 0 saturated carbocycles. The average molecular weight is 298 g/mol. The minimum atomic E-state index is -4.25. The van der Waals surface area contributed by atoms with Gasteiger partial charge in [0.1, 0.15) is 0 Å². The van der Waals surface area contributed by atoms with Crippen LogP contribution in [0.2, 0.25) is 0 Å². The monoisotopic (exact) mass is 298 g/mol. The number of aliphatic hydroxyl groups excluding tert-OH is 1. The van der Waals surface area contributed by atoms with E-state index >= 15 is 0 Å². The molecule has 1 heterocycles. The Balaban J connectivity index is 2.33. The molecule has 0 saturated heterocycles. The van der Waals surface area contributed by atoms with Crippen LogP contribution in [0, 0.1) is 6.92 Å². The molecule has 1 aromatic heterocycles. The molecule has 0 fully saturated rings. The minimum absolute atomic E-state index is 0.196. The summed E-state index contributed by atoms with van der Waals surface area (Å²) in [6.07, 6.45) is -0.367. The summed E-state index contributed by atoms with van der Waals surface area (Å²) in [5.41, 5.74) is 1.31. The molecule has 102 valence electrons. The van der Waals surface area contributed by atoms with Crippen molar-refractivity contribution in [3.8, 4) is 0 Å². The first kappa shape index (κ1) is 14.2. The predicted octanol–water partition coefficient (Wildman–Crippen LogP) is 2.58. The van der Waals surface area contributed by atoms with Crippen molar-refractivity contribution in [2.24, 2.45) is 0 Å². The zero-order valence-corrected chi connectivity index (χ0v) is 11.9. The Hall–Kier alpha value is -1.21. The van der Waals surface area contributed by atoms with Gasteiger partial charge in [0.15, 0.2) is 0 Å². The van der Waals surface area contributed by atoms with Crippen LogP contribution in [0.1, 0.15) is 22.1 Å². The van der Waals surface area contributed by atoms with E-state index in [1.165, 1.54) is 23.5 Å². The third kappa shape index (κ3) is 3.42. The SMILES string of the molecule is Cc1ccc(S(=O)(=O)O)cc1C(O)Cc1cccs1. The van der Waals surface area contributed by atoms with Crippen LogP contribution in [0.4, 0.5) is 0 Å². The Kier molecular flexibility index (Phi) is 4.05. The van der Waals surface area contributed by atoms with Crippen molar-refractivity contribution in [1.29, 1.82) is 0 Å². The van der Waals surface area contributed by atoms with Crippen LogP contribution in [-0.2, 0) is 16.5 Å². The number of hydrogen-bond acceptors (Lipinski definition) is 4. The molecule has 0 spiro atoms. The molecule has 0 amide bonds. The van der Waals surface area contributed by atoms with E-state index in [1.54, 1.807) is 13.0 Å². The molecule has 2 aromatic rings. The highest BCUT2D eigenvalue weighted by Gasteiger charge is 2.16. The molecule has 6 heteroatoms. The Morgan fingerprint density at radius 3 is 2.63 bits per heavy atom. The maximum atomic E-state index is 11.1. The first-order chi connectivity index (χ1) is 8.88. The lowest BCUT2D eigenvalue weighted by Gasteiger charge is -2.14. The third-order valence-corrected chi connectivity index (χ3v) is 4.63. The van der Waals surface area contributed by atoms with Crippen molar-refractivity contribution < 1.29 is 18.1 Å². The summed E-state index contributed by atoms with van der Waals surface area (Å²) in [7, 11) is -4.25. The van der Waals surface area contributed by atoms with E-state index in [9.17, 15) is 13.5 Å². The van der Waals surface area contributed by atoms with Gasteiger partial charge in [0.05, 0.1) is 11.0 Å². The molecule has 0 aliphatic rings. The molecule has 2 rings (SSSR count). The average Bonchev–Trinajstić information content (AvgIpc) is 2.80. The molecule has 0 aliphatic heterocycles. The van der Waals surface area contributed by atoms with E-state index in [4.69, 9.17) is 4.55 Å². The van der Waals surface area contributed by atoms with Crippen molar-refractivity contribution in [2.75, 3.05) is 0 Å². The summed E-state index contributed by atoms with van der Waals surface area (Å²) < 4.78 is 31.3. The molecule has 0 aliphatic carbocycles. The minimum Gasteiger partial charge on any atom is -0.388 e. The zero-order chi connectivity index (χ0) is 14.0. The van der Waals surface area contributed by atoms with Crippen LogP contribution in [0.5, 0.6) is 0 Å². The normalized spacial score (nSPS) is 13.4. The van der Waals surface area contributed by atoms with E-state index in [-0.39, 0.29) is 4.90 Å².